The quantitative estimate of drug-likeness (QED) is 0.716. The van der Waals surface area contributed by atoms with Crippen LogP contribution in [0.2, 0.25) is 0 Å². The molecule has 0 saturated carbocycles. The molecule has 3 aromatic rings. The molecule has 3 aromatic heterocycles. The number of thiophene rings is 2. The first-order valence-electron chi connectivity index (χ1n) is 7.02. The maximum Gasteiger partial charge on any atom is 0.262 e. The summed E-state index contributed by atoms with van der Waals surface area (Å²) in [6.07, 6.45) is 3.99. The molecule has 1 aliphatic rings. The summed E-state index contributed by atoms with van der Waals surface area (Å²) in [5.41, 5.74) is 2.47. The molecule has 1 aliphatic heterocycles. The zero-order valence-corrected chi connectivity index (χ0v) is 13.3. The van der Waals surface area contributed by atoms with Crippen molar-refractivity contribution in [1.82, 2.24) is 9.55 Å². The van der Waals surface area contributed by atoms with Crippen LogP contribution in [0, 0.1) is 0 Å². The second-order valence-electron chi connectivity index (χ2n) is 5.15. The summed E-state index contributed by atoms with van der Waals surface area (Å²) in [5, 5.41) is 4.96. The Kier molecular flexibility index (Phi) is 3.05. The van der Waals surface area contributed by atoms with Crippen LogP contribution in [0.1, 0.15) is 29.6 Å². The second-order valence-corrected chi connectivity index (χ2v) is 7.05. The summed E-state index contributed by atoms with van der Waals surface area (Å²) in [6.45, 7) is 2.85. The monoisotopic (exact) mass is 314 g/mol. The lowest BCUT2D eigenvalue weighted by Gasteiger charge is -2.02. The van der Waals surface area contributed by atoms with Crippen molar-refractivity contribution >= 4 is 44.5 Å². The average Bonchev–Trinajstić information content (AvgIpc) is 3.20. The summed E-state index contributed by atoms with van der Waals surface area (Å²) in [4.78, 5) is 19.5. The maximum absolute atomic E-state index is 12.6. The van der Waals surface area contributed by atoms with E-state index in [4.69, 9.17) is 4.98 Å². The summed E-state index contributed by atoms with van der Waals surface area (Å²) >= 11 is 3.32. The van der Waals surface area contributed by atoms with Crippen molar-refractivity contribution in [1.29, 1.82) is 0 Å². The van der Waals surface area contributed by atoms with E-state index in [1.807, 2.05) is 10.6 Å². The van der Waals surface area contributed by atoms with Crippen LogP contribution < -0.4 is 5.56 Å². The summed E-state index contributed by atoms with van der Waals surface area (Å²) in [6, 6.07) is 4.10. The molecule has 5 heteroatoms. The average molecular weight is 314 g/mol. The minimum Gasteiger partial charge on any atom is -0.292 e. The van der Waals surface area contributed by atoms with Crippen LogP contribution in [0.15, 0.2) is 27.7 Å². The van der Waals surface area contributed by atoms with Gasteiger partial charge in [-0.15, -0.1) is 11.3 Å². The van der Waals surface area contributed by atoms with Crippen LogP contribution in [0.4, 0.5) is 0 Å². The molecule has 0 amide bonds. The largest absolute Gasteiger partial charge is 0.292 e. The van der Waals surface area contributed by atoms with Crippen molar-refractivity contribution in [3.8, 4) is 0 Å². The Morgan fingerprint density at radius 3 is 3.14 bits per heavy atom. The van der Waals surface area contributed by atoms with E-state index in [-0.39, 0.29) is 5.56 Å². The van der Waals surface area contributed by atoms with Crippen molar-refractivity contribution in [2.24, 2.45) is 0 Å². The molecule has 0 fully saturated rings. The van der Waals surface area contributed by atoms with Gasteiger partial charge in [-0.2, -0.15) is 11.3 Å². The van der Waals surface area contributed by atoms with Crippen LogP contribution in [-0.2, 0) is 13.0 Å². The third-order valence-electron chi connectivity index (χ3n) is 3.83. The summed E-state index contributed by atoms with van der Waals surface area (Å²) in [7, 11) is 0. The SMILES string of the molecule is CCc1cc2c(=O)n3c(nc2s1)/C(=C/c1ccsc1)CC3. The van der Waals surface area contributed by atoms with Gasteiger partial charge in [0.05, 0.1) is 5.39 Å². The first-order valence-corrected chi connectivity index (χ1v) is 8.78. The highest BCUT2D eigenvalue weighted by Crippen LogP contribution is 2.30. The van der Waals surface area contributed by atoms with Crippen LogP contribution in [-0.4, -0.2) is 9.55 Å². The van der Waals surface area contributed by atoms with Crippen molar-refractivity contribution in [2.75, 3.05) is 0 Å². The molecule has 4 rings (SSSR count). The molecule has 0 radical (unpaired) electrons. The third kappa shape index (κ3) is 2.08. The second kappa shape index (κ2) is 4.93. The number of hydrogen-bond donors (Lipinski definition) is 0. The molecule has 4 heterocycles. The van der Waals surface area contributed by atoms with Gasteiger partial charge in [-0.05, 0) is 52.9 Å². The van der Waals surface area contributed by atoms with Crippen LogP contribution in [0.5, 0.6) is 0 Å². The van der Waals surface area contributed by atoms with Gasteiger partial charge in [0.2, 0.25) is 0 Å². The normalized spacial score (nSPS) is 16.0. The van der Waals surface area contributed by atoms with E-state index in [2.05, 4.69) is 29.8 Å². The lowest BCUT2D eigenvalue weighted by atomic mass is 10.1. The van der Waals surface area contributed by atoms with E-state index in [1.165, 1.54) is 16.0 Å². The van der Waals surface area contributed by atoms with Gasteiger partial charge < -0.3 is 0 Å². The summed E-state index contributed by atoms with van der Waals surface area (Å²) in [5.74, 6) is 0.850. The number of allylic oxidation sites excluding steroid dienone is 1. The van der Waals surface area contributed by atoms with Gasteiger partial charge in [0.15, 0.2) is 0 Å². The van der Waals surface area contributed by atoms with E-state index in [0.29, 0.717) is 0 Å². The Bertz CT molecular complexity index is 900. The molecule has 0 bridgehead atoms. The lowest BCUT2D eigenvalue weighted by Crippen LogP contribution is -2.19. The molecule has 0 N–H and O–H groups in total. The maximum atomic E-state index is 12.6. The van der Waals surface area contributed by atoms with Gasteiger partial charge in [-0.1, -0.05) is 6.92 Å². The topological polar surface area (TPSA) is 34.9 Å². The van der Waals surface area contributed by atoms with Crippen LogP contribution in [0.25, 0.3) is 21.9 Å². The standard InChI is InChI=1S/C16H14N2OS2/c1-2-12-8-13-15(21-12)17-14-11(3-5-18(14)16(13)19)7-10-4-6-20-9-10/h4,6-9H,2-3,5H2,1H3/b11-7+. The number of rotatable bonds is 2. The van der Waals surface area contributed by atoms with E-state index in [1.54, 1.807) is 22.7 Å². The molecular formula is C16H14N2OS2. The highest BCUT2D eigenvalue weighted by atomic mass is 32.1. The van der Waals surface area contributed by atoms with Crippen molar-refractivity contribution in [2.45, 2.75) is 26.3 Å². The minimum atomic E-state index is 0.111. The van der Waals surface area contributed by atoms with Crippen LogP contribution in [0.3, 0.4) is 0 Å². The molecule has 0 saturated heterocycles. The fraction of sp³-hybridized carbons (Fsp3) is 0.250. The van der Waals surface area contributed by atoms with Gasteiger partial charge >= 0.3 is 0 Å². The van der Waals surface area contributed by atoms with Crippen molar-refractivity contribution in [3.05, 3.63) is 49.5 Å². The number of nitrogens with zero attached hydrogens (tertiary/aromatic N) is 2. The highest BCUT2D eigenvalue weighted by Gasteiger charge is 2.21. The Morgan fingerprint density at radius 1 is 1.48 bits per heavy atom. The van der Waals surface area contributed by atoms with Gasteiger partial charge in [0, 0.05) is 11.4 Å². The zero-order chi connectivity index (χ0) is 14.4. The molecular weight excluding hydrogens is 300 g/mol. The smallest absolute Gasteiger partial charge is 0.262 e. The van der Waals surface area contributed by atoms with Gasteiger partial charge in [-0.3, -0.25) is 9.36 Å². The lowest BCUT2D eigenvalue weighted by molar-refractivity contribution is 0.726. The predicted molar refractivity (Wildman–Crippen MR) is 90.1 cm³/mol. The molecule has 21 heavy (non-hydrogen) atoms. The zero-order valence-electron chi connectivity index (χ0n) is 11.6. The molecule has 3 nitrogen and oxygen atoms in total. The Hall–Kier alpha value is -1.72. The number of hydrogen-bond acceptors (Lipinski definition) is 4. The number of fused-ring (bicyclic) bond motifs is 2. The van der Waals surface area contributed by atoms with Crippen LogP contribution >= 0.6 is 22.7 Å². The fourth-order valence-corrected chi connectivity index (χ4v) is 4.31. The molecule has 0 aliphatic carbocycles. The molecule has 0 atom stereocenters. The molecule has 0 aromatic carbocycles. The Labute approximate surface area is 130 Å². The molecule has 0 spiro atoms. The van der Waals surface area contributed by atoms with Crippen molar-refractivity contribution in [3.63, 3.8) is 0 Å². The molecule has 106 valence electrons. The predicted octanol–water partition coefficient (Wildman–Crippen LogP) is 4.03. The Balaban J connectivity index is 1.92. The summed E-state index contributed by atoms with van der Waals surface area (Å²) < 4.78 is 1.83. The van der Waals surface area contributed by atoms with E-state index >= 15 is 0 Å². The fourth-order valence-electron chi connectivity index (χ4n) is 2.73. The number of aryl methyl sites for hydroxylation is 1. The number of aromatic nitrogens is 2. The van der Waals surface area contributed by atoms with E-state index < -0.39 is 0 Å². The van der Waals surface area contributed by atoms with Gasteiger partial charge in [-0.25, -0.2) is 4.98 Å². The highest BCUT2D eigenvalue weighted by molar-refractivity contribution is 7.18. The first-order chi connectivity index (χ1) is 10.3. The van der Waals surface area contributed by atoms with E-state index in [0.717, 1.165) is 35.4 Å². The van der Waals surface area contributed by atoms with E-state index in [9.17, 15) is 4.79 Å². The molecule has 0 unspecified atom stereocenters. The third-order valence-corrected chi connectivity index (χ3v) is 5.70. The minimum absolute atomic E-state index is 0.111. The van der Waals surface area contributed by atoms with Gasteiger partial charge in [0.25, 0.3) is 5.56 Å². The van der Waals surface area contributed by atoms with Gasteiger partial charge in [0.1, 0.15) is 10.7 Å². The first kappa shape index (κ1) is 13.0. The Morgan fingerprint density at radius 2 is 2.38 bits per heavy atom. The van der Waals surface area contributed by atoms with Crippen molar-refractivity contribution < 1.29 is 0 Å².